The van der Waals surface area contributed by atoms with Gasteiger partial charge in [-0.25, -0.2) is 4.79 Å². The molecule has 0 aliphatic heterocycles. The first kappa shape index (κ1) is 11.9. The number of carbonyl (C=O) groups excluding carboxylic acids is 1. The van der Waals surface area contributed by atoms with Crippen LogP contribution in [0.25, 0.3) is 0 Å². The molecule has 0 amide bonds. The number of esters is 1. The molecule has 15 heavy (non-hydrogen) atoms. The topological polar surface area (TPSA) is 35.5 Å². The van der Waals surface area contributed by atoms with Gasteiger partial charge in [0.25, 0.3) is 0 Å². The highest BCUT2D eigenvalue weighted by atomic mass is 35.5. The lowest BCUT2D eigenvalue weighted by Gasteiger charge is -2.10. The Labute approximate surface area is 93.9 Å². The van der Waals surface area contributed by atoms with E-state index in [0.717, 1.165) is 5.56 Å². The van der Waals surface area contributed by atoms with Crippen LogP contribution in [0.3, 0.4) is 0 Å². The van der Waals surface area contributed by atoms with E-state index in [0.29, 0.717) is 22.9 Å². The third-order valence-electron chi connectivity index (χ3n) is 1.99. The predicted octanol–water partition coefficient (Wildman–Crippen LogP) is 2.83. The summed E-state index contributed by atoms with van der Waals surface area (Å²) in [5.41, 5.74) is 1.22. The van der Waals surface area contributed by atoms with Crippen molar-refractivity contribution in [3.63, 3.8) is 0 Å². The summed E-state index contributed by atoms with van der Waals surface area (Å²) < 4.78 is 9.98. The third-order valence-corrected chi connectivity index (χ3v) is 2.46. The van der Waals surface area contributed by atoms with Gasteiger partial charge in [-0.2, -0.15) is 0 Å². The number of hydrogen-bond donors (Lipinski definition) is 0. The van der Waals surface area contributed by atoms with Gasteiger partial charge in [-0.15, -0.1) is 0 Å². The molecule has 0 atom stereocenters. The summed E-state index contributed by atoms with van der Waals surface area (Å²) in [7, 11) is 1.48. The van der Waals surface area contributed by atoms with Crippen LogP contribution in [0.15, 0.2) is 12.1 Å². The normalized spacial score (nSPS) is 9.87. The zero-order valence-electron chi connectivity index (χ0n) is 8.96. The Morgan fingerprint density at radius 3 is 2.67 bits per heavy atom. The average molecular weight is 229 g/mol. The summed E-state index contributed by atoms with van der Waals surface area (Å²) in [6.07, 6.45) is 0. The number of ether oxygens (including phenoxy) is 2. The standard InChI is InChI=1S/C11H13ClO3/c1-4-15-11(13)8-6-5-7(2)9(12)10(8)14-3/h5-6H,4H2,1-3H3. The highest BCUT2D eigenvalue weighted by Gasteiger charge is 2.17. The van der Waals surface area contributed by atoms with Crippen LogP contribution in [0, 0.1) is 6.92 Å². The molecule has 0 aliphatic carbocycles. The number of aryl methyl sites for hydroxylation is 1. The lowest BCUT2D eigenvalue weighted by molar-refractivity contribution is 0.0522. The number of carbonyl (C=O) groups is 1. The van der Waals surface area contributed by atoms with Crippen molar-refractivity contribution in [1.29, 1.82) is 0 Å². The number of halogens is 1. The number of methoxy groups -OCH3 is 1. The molecule has 0 saturated heterocycles. The van der Waals surface area contributed by atoms with E-state index in [2.05, 4.69) is 0 Å². The molecular weight excluding hydrogens is 216 g/mol. The molecule has 4 heteroatoms. The molecule has 0 unspecified atom stereocenters. The minimum Gasteiger partial charge on any atom is -0.494 e. The monoisotopic (exact) mass is 228 g/mol. The smallest absolute Gasteiger partial charge is 0.341 e. The van der Waals surface area contributed by atoms with Crippen LogP contribution in [0.1, 0.15) is 22.8 Å². The van der Waals surface area contributed by atoms with E-state index in [1.54, 1.807) is 19.1 Å². The van der Waals surface area contributed by atoms with E-state index in [4.69, 9.17) is 21.1 Å². The van der Waals surface area contributed by atoms with Crippen molar-refractivity contribution in [3.8, 4) is 5.75 Å². The largest absolute Gasteiger partial charge is 0.494 e. The summed E-state index contributed by atoms with van der Waals surface area (Å²) >= 11 is 6.01. The van der Waals surface area contributed by atoms with Crippen LogP contribution in [0.2, 0.25) is 5.02 Å². The molecule has 3 nitrogen and oxygen atoms in total. The van der Waals surface area contributed by atoms with Gasteiger partial charge in [-0.3, -0.25) is 0 Å². The second-order valence-corrected chi connectivity index (χ2v) is 3.38. The van der Waals surface area contributed by atoms with Gasteiger partial charge < -0.3 is 9.47 Å². The average Bonchev–Trinajstić information content (AvgIpc) is 2.22. The Morgan fingerprint density at radius 1 is 1.47 bits per heavy atom. The number of hydrogen-bond acceptors (Lipinski definition) is 3. The first-order chi connectivity index (χ1) is 7.11. The Kier molecular flexibility index (Phi) is 3.97. The number of rotatable bonds is 3. The lowest BCUT2D eigenvalue weighted by Crippen LogP contribution is -2.07. The Morgan fingerprint density at radius 2 is 2.13 bits per heavy atom. The van der Waals surface area contributed by atoms with Crippen LogP contribution in [-0.2, 0) is 4.74 Å². The molecular formula is C11H13ClO3. The first-order valence-electron chi connectivity index (χ1n) is 4.62. The molecule has 0 radical (unpaired) electrons. The van der Waals surface area contributed by atoms with Gasteiger partial charge in [0.05, 0.1) is 18.7 Å². The fourth-order valence-electron chi connectivity index (χ4n) is 1.22. The van der Waals surface area contributed by atoms with E-state index in [1.165, 1.54) is 7.11 Å². The van der Waals surface area contributed by atoms with E-state index in [-0.39, 0.29) is 0 Å². The molecule has 0 saturated carbocycles. The van der Waals surface area contributed by atoms with Gasteiger partial charge in [-0.1, -0.05) is 17.7 Å². The summed E-state index contributed by atoms with van der Waals surface area (Å²) in [4.78, 5) is 11.5. The fraction of sp³-hybridized carbons (Fsp3) is 0.364. The molecule has 0 spiro atoms. The quantitative estimate of drug-likeness (QED) is 0.747. The predicted molar refractivity (Wildman–Crippen MR) is 58.7 cm³/mol. The molecule has 0 heterocycles. The Hall–Kier alpha value is -1.22. The molecule has 0 fully saturated rings. The van der Waals surface area contributed by atoms with Gasteiger partial charge in [0, 0.05) is 0 Å². The summed E-state index contributed by atoms with van der Waals surface area (Å²) in [5.74, 6) is -0.0497. The highest BCUT2D eigenvalue weighted by molar-refractivity contribution is 6.33. The maximum absolute atomic E-state index is 11.5. The maximum Gasteiger partial charge on any atom is 0.341 e. The van der Waals surface area contributed by atoms with Gasteiger partial charge in [0.15, 0.2) is 5.75 Å². The van der Waals surface area contributed by atoms with Crippen molar-refractivity contribution in [3.05, 3.63) is 28.3 Å². The van der Waals surface area contributed by atoms with Crippen molar-refractivity contribution < 1.29 is 14.3 Å². The Bertz CT molecular complexity index is 374. The Balaban J connectivity index is 3.18. The SMILES string of the molecule is CCOC(=O)c1ccc(C)c(Cl)c1OC. The molecule has 1 aromatic carbocycles. The first-order valence-corrected chi connectivity index (χ1v) is 4.99. The molecule has 82 valence electrons. The van der Waals surface area contributed by atoms with Crippen LogP contribution >= 0.6 is 11.6 Å². The second kappa shape index (κ2) is 5.03. The van der Waals surface area contributed by atoms with Gasteiger partial charge in [0.2, 0.25) is 0 Å². The molecule has 0 aliphatic rings. The zero-order valence-corrected chi connectivity index (χ0v) is 9.72. The maximum atomic E-state index is 11.5. The van der Waals surface area contributed by atoms with Crippen molar-refractivity contribution in [2.24, 2.45) is 0 Å². The lowest BCUT2D eigenvalue weighted by atomic mass is 10.1. The van der Waals surface area contributed by atoms with E-state index < -0.39 is 5.97 Å². The van der Waals surface area contributed by atoms with Gasteiger partial charge in [-0.05, 0) is 25.5 Å². The minimum absolute atomic E-state index is 0.327. The second-order valence-electron chi connectivity index (χ2n) is 3.00. The van der Waals surface area contributed by atoms with Crippen molar-refractivity contribution in [2.45, 2.75) is 13.8 Å². The molecule has 0 bridgehead atoms. The summed E-state index contributed by atoms with van der Waals surface area (Å²) in [6, 6.07) is 3.41. The highest BCUT2D eigenvalue weighted by Crippen LogP contribution is 2.31. The summed E-state index contributed by atoms with van der Waals surface area (Å²) in [6.45, 7) is 3.92. The minimum atomic E-state index is -0.420. The fourth-order valence-corrected chi connectivity index (χ4v) is 1.47. The van der Waals surface area contributed by atoms with Crippen LogP contribution < -0.4 is 4.74 Å². The van der Waals surface area contributed by atoms with Gasteiger partial charge >= 0.3 is 5.97 Å². The van der Waals surface area contributed by atoms with E-state index in [1.807, 2.05) is 6.92 Å². The molecule has 1 aromatic rings. The zero-order chi connectivity index (χ0) is 11.4. The number of benzene rings is 1. The molecule has 0 aromatic heterocycles. The van der Waals surface area contributed by atoms with Crippen molar-refractivity contribution in [1.82, 2.24) is 0 Å². The van der Waals surface area contributed by atoms with Crippen molar-refractivity contribution >= 4 is 17.6 Å². The van der Waals surface area contributed by atoms with E-state index in [9.17, 15) is 4.79 Å². The van der Waals surface area contributed by atoms with Crippen LogP contribution in [0.4, 0.5) is 0 Å². The van der Waals surface area contributed by atoms with Gasteiger partial charge in [0.1, 0.15) is 5.56 Å². The van der Waals surface area contributed by atoms with Crippen LogP contribution in [0.5, 0.6) is 5.75 Å². The van der Waals surface area contributed by atoms with E-state index >= 15 is 0 Å². The van der Waals surface area contributed by atoms with Crippen LogP contribution in [-0.4, -0.2) is 19.7 Å². The molecule has 1 rings (SSSR count). The summed E-state index contributed by atoms with van der Waals surface area (Å²) in [5, 5.41) is 0.447. The molecule has 0 N–H and O–H groups in total. The third kappa shape index (κ3) is 2.42. The van der Waals surface area contributed by atoms with Crippen molar-refractivity contribution in [2.75, 3.05) is 13.7 Å².